The van der Waals surface area contributed by atoms with E-state index in [0.717, 1.165) is 0 Å². The Labute approximate surface area is 76.8 Å². The minimum absolute atomic E-state index is 0.0166. The van der Waals surface area contributed by atoms with Gasteiger partial charge in [0.15, 0.2) is 0 Å². The fourth-order valence-electron chi connectivity index (χ4n) is 0.758. The van der Waals surface area contributed by atoms with Crippen molar-refractivity contribution in [3.05, 3.63) is 12.4 Å². The maximum absolute atomic E-state index is 11.3. The Morgan fingerprint density at radius 3 is 2.92 bits per heavy atom. The number of rotatable bonds is 3. The number of nitrogens with zero attached hydrogens (tertiary/aromatic N) is 2. The van der Waals surface area contributed by atoms with Gasteiger partial charge in [0, 0.05) is 13.2 Å². The van der Waals surface area contributed by atoms with Crippen molar-refractivity contribution in [3.8, 4) is 12.3 Å². The number of sulfonamides is 1. The molecule has 1 aromatic rings. The summed E-state index contributed by atoms with van der Waals surface area (Å²) in [6.07, 6.45) is 7.59. The Hall–Kier alpha value is -1.32. The van der Waals surface area contributed by atoms with Crippen molar-refractivity contribution >= 4 is 10.0 Å². The molecule has 1 rings (SSSR count). The van der Waals surface area contributed by atoms with Crippen LogP contribution in [0.2, 0.25) is 0 Å². The average Bonchev–Trinajstić information content (AvgIpc) is 2.49. The molecule has 13 heavy (non-hydrogen) atoms. The number of terminal acetylenes is 1. The smallest absolute Gasteiger partial charge is 0.244 e. The molecule has 0 aromatic carbocycles. The summed E-state index contributed by atoms with van der Waals surface area (Å²) in [7, 11) is -1.84. The fraction of sp³-hybridized carbons (Fsp3) is 0.286. The lowest BCUT2D eigenvalue weighted by molar-refractivity contribution is 0.586. The van der Waals surface area contributed by atoms with Gasteiger partial charge >= 0.3 is 0 Å². The molecule has 0 fully saturated rings. The Morgan fingerprint density at radius 1 is 1.77 bits per heavy atom. The highest BCUT2D eigenvalue weighted by molar-refractivity contribution is 7.89. The summed E-state index contributed by atoms with van der Waals surface area (Å²) in [6.45, 7) is -0.0166. The van der Waals surface area contributed by atoms with Crippen molar-refractivity contribution in [2.75, 3.05) is 6.54 Å². The first-order chi connectivity index (χ1) is 6.06. The van der Waals surface area contributed by atoms with Crippen LogP contribution in [0.5, 0.6) is 0 Å². The molecular weight excluding hydrogens is 190 g/mol. The zero-order chi connectivity index (χ0) is 9.90. The van der Waals surface area contributed by atoms with Crippen LogP contribution in [0.1, 0.15) is 0 Å². The van der Waals surface area contributed by atoms with E-state index < -0.39 is 10.0 Å². The molecule has 1 aromatic heterocycles. The molecule has 5 nitrogen and oxygen atoms in total. The third-order valence-corrected chi connectivity index (χ3v) is 2.71. The first kappa shape index (κ1) is 9.77. The summed E-state index contributed by atoms with van der Waals surface area (Å²) in [4.78, 5) is 0.116. The van der Waals surface area contributed by atoms with Gasteiger partial charge < -0.3 is 0 Å². The van der Waals surface area contributed by atoms with Crippen molar-refractivity contribution in [3.63, 3.8) is 0 Å². The average molecular weight is 199 g/mol. The van der Waals surface area contributed by atoms with Gasteiger partial charge in [-0.15, -0.1) is 6.42 Å². The van der Waals surface area contributed by atoms with E-state index in [4.69, 9.17) is 6.42 Å². The highest BCUT2D eigenvalue weighted by Gasteiger charge is 2.14. The van der Waals surface area contributed by atoms with E-state index in [1.54, 1.807) is 7.05 Å². The third kappa shape index (κ3) is 2.31. The maximum atomic E-state index is 11.3. The van der Waals surface area contributed by atoms with Gasteiger partial charge in [0.05, 0.1) is 12.7 Å². The highest BCUT2D eigenvalue weighted by Crippen LogP contribution is 2.04. The summed E-state index contributed by atoms with van der Waals surface area (Å²) >= 11 is 0. The zero-order valence-electron chi connectivity index (χ0n) is 7.06. The van der Waals surface area contributed by atoms with Crippen LogP contribution in [0.25, 0.3) is 0 Å². The second-order valence-electron chi connectivity index (χ2n) is 2.38. The van der Waals surface area contributed by atoms with E-state index in [-0.39, 0.29) is 11.4 Å². The molecule has 0 spiro atoms. The van der Waals surface area contributed by atoms with E-state index in [2.05, 4.69) is 15.7 Å². The Kier molecular flexibility index (Phi) is 2.70. The van der Waals surface area contributed by atoms with E-state index in [9.17, 15) is 8.42 Å². The molecule has 0 atom stereocenters. The van der Waals surface area contributed by atoms with Gasteiger partial charge in [-0.25, -0.2) is 8.42 Å². The summed E-state index contributed by atoms with van der Waals surface area (Å²) < 4.78 is 26.3. The van der Waals surface area contributed by atoms with Crippen LogP contribution in [0.3, 0.4) is 0 Å². The molecule has 6 heteroatoms. The first-order valence-corrected chi connectivity index (χ1v) is 4.96. The molecule has 0 saturated heterocycles. The normalized spacial score (nSPS) is 11.1. The second kappa shape index (κ2) is 3.60. The van der Waals surface area contributed by atoms with E-state index >= 15 is 0 Å². The van der Waals surface area contributed by atoms with Crippen LogP contribution < -0.4 is 4.72 Å². The van der Waals surface area contributed by atoms with Crippen LogP contribution in [0.4, 0.5) is 0 Å². The highest BCUT2D eigenvalue weighted by atomic mass is 32.2. The minimum Gasteiger partial charge on any atom is -0.274 e. The largest absolute Gasteiger partial charge is 0.274 e. The van der Waals surface area contributed by atoms with Gasteiger partial charge in [-0.1, -0.05) is 5.92 Å². The minimum atomic E-state index is -3.48. The number of hydrogen-bond acceptors (Lipinski definition) is 3. The zero-order valence-corrected chi connectivity index (χ0v) is 7.87. The number of nitrogens with one attached hydrogen (secondary N) is 1. The van der Waals surface area contributed by atoms with Crippen LogP contribution in [-0.4, -0.2) is 24.7 Å². The Bertz CT molecular complexity index is 427. The molecule has 0 radical (unpaired) electrons. The molecular formula is C7H9N3O2S. The van der Waals surface area contributed by atoms with Crippen LogP contribution in [0.15, 0.2) is 17.3 Å². The van der Waals surface area contributed by atoms with Crippen molar-refractivity contribution < 1.29 is 8.42 Å². The van der Waals surface area contributed by atoms with E-state index in [0.29, 0.717) is 0 Å². The fourth-order valence-corrected chi connectivity index (χ4v) is 1.67. The van der Waals surface area contributed by atoms with E-state index in [1.165, 1.54) is 17.1 Å². The van der Waals surface area contributed by atoms with Crippen LogP contribution >= 0.6 is 0 Å². The van der Waals surface area contributed by atoms with E-state index in [1.807, 2.05) is 0 Å². The van der Waals surface area contributed by atoms with Gasteiger partial charge in [-0.05, 0) is 0 Å². The van der Waals surface area contributed by atoms with Gasteiger partial charge in [0.1, 0.15) is 4.90 Å². The predicted octanol–water partition coefficient (Wildman–Crippen LogP) is -0.668. The van der Waals surface area contributed by atoms with Crippen molar-refractivity contribution in [2.45, 2.75) is 4.90 Å². The summed E-state index contributed by atoms with van der Waals surface area (Å²) in [6, 6.07) is 0. The molecule has 0 bridgehead atoms. The molecule has 1 heterocycles. The molecule has 1 N–H and O–H groups in total. The molecule has 0 saturated carbocycles. The number of aromatic nitrogens is 2. The lowest BCUT2D eigenvalue weighted by Crippen LogP contribution is -2.23. The predicted molar refractivity (Wildman–Crippen MR) is 47.2 cm³/mol. The van der Waals surface area contributed by atoms with Crippen LogP contribution in [-0.2, 0) is 17.1 Å². The summed E-state index contributed by atoms with van der Waals surface area (Å²) in [5.41, 5.74) is 0. The molecule has 70 valence electrons. The Morgan fingerprint density at radius 2 is 2.46 bits per heavy atom. The van der Waals surface area contributed by atoms with Crippen molar-refractivity contribution in [1.82, 2.24) is 14.5 Å². The lowest BCUT2D eigenvalue weighted by atomic mass is 10.7. The maximum Gasteiger partial charge on any atom is 0.244 e. The number of hydrogen-bond donors (Lipinski definition) is 1. The van der Waals surface area contributed by atoms with Crippen molar-refractivity contribution in [1.29, 1.82) is 0 Å². The number of aryl methyl sites for hydroxylation is 1. The standard InChI is InChI=1S/C7H9N3O2S/c1-3-4-9-13(11,12)7-5-8-10(2)6-7/h1,5-6,9H,4H2,2H3. The van der Waals surface area contributed by atoms with Crippen molar-refractivity contribution in [2.24, 2.45) is 7.05 Å². The third-order valence-electron chi connectivity index (χ3n) is 1.36. The molecule has 0 unspecified atom stereocenters. The second-order valence-corrected chi connectivity index (χ2v) is 4.15. The van der Waals surface area contributed by atoms with Gasteiger partial charge in [-0.2, -0.15) is 9.82 Å². The molecule has 0 aliphatic rings. The summed E-state index contributed by atoms with van der Waals surface area (Å²) in [5.74, 6) is 2.18. The topological polar surface area (TPSA) is 64.0 Å². The Balaban J connectivity index is 2.89. The lowest BCUT2D eigenvalue weighted by Gasteiger charge is -1.98. The first-order valence-electron chi connectivity index (χ1n) is 3.48. The van der Waals surface area contributed by atoms with Gasteiger partial charge in [0.25, 0.3) is 0 Å². The molecule has 0 aliphatic heterocycles. The SMILES string of the molecule is C#CCNS(=O)(=O)c1cnn(C)c1. The summed E-state index contributed by atoms with van der Waals surface area (Å²) in [5, 5.41) is 3.74. The molecule has 0 aliphatic carbocycles. The van der Waals surface area contributed by atoms with Gasteiger partial charge in [-0.3, -0.25) is 4.68 Å². The monoisotopic (exact) mass is 199 g/mol. The van der Waals surface area contributed by atoms with Gasteiger partial charge in [0.2, 0.25) is 10.0 Å². The quantitative estimate of drug-likeness (QED) is 0.657. The van der Waals surface area contributed by atoms with Crippen LogP contribution in [0, 0.1) is 12.3 Å². The molecule has 0 amide bonds.